The Kier molecular flexibility index (Phi) is 2.98. The first-order valence-electron chi connectivity index (χ1n) is 5.87. The molecule has 0 aliphatic carbocycles. The molecule has 18 heavy (non-hydrogen) atoms. The van der Waals surface area contributed by atoms with Gasteiger partial charge in [-0.25, -0.2) is 4.79 Å². The maximum Gasteiger partial charge on any atom is 0.405 e. The number of hydrogen-bond acceptors (Lipinski definition) is 5. The molecule has 0 bridgehead atoms. The molecule has 1 unspecified atom stereocenters. The standard InChI is InChI=1S/C10H10ClN5O2/c11-8-4-2-1-3-7(8)9(18-10(12)17)5-16-14-6-13-15-16/h1-4,6,9H,5H2,(H2,12,17)/i5D2. The quantitative estimate of drug-likeness (QED) is 0.898. The molecule has 0 aliphatic rings. The van der Waals surface area contributed by atoms with Crippen molar-refractivity contribution < 1.29 is 12.3 Å². The Morgan fingerprint density at radius 1 is 1.61 bits per heavy atom. The molecule has 7 nitrogen and oxygen atoms in total. The van der Waals surface area contributed by atoms with Gasteiger partial charge in [0.25, 0.3) is 0 Å². The van der Waals surface area contributed by atoms with Crippen molar-refractivity contribution in [3.8, 4) is 0 Å². The summed E-state index contributed by atoms with van der Waals surface area (Å²) >= 11 is 6.01. The minimum absolute atomic E-state index is 0.225. The zero-order valence-corrected chi connectivity index (χ0v) is 9.78. The SMILES string of the molecule is [2H]C([2H])(C(OC(N)=O)c1ccccc1Cl)n1ncnn1. The molecular weight excluding hydrogens is 258 g/mol. The molecule has 1 aromatic carbocycles. The maximum atomic E-state index is 11.0. The largest absolute Gasteiger partial charge is 0.439 e. The van der Waals surface area contributed by atoms with Crippen LogP contribution in [0.4, 0.5) is 4.79 Å². The normalized spacial score (nSPS) is 14.5. The number of aromatic nitrogens is 4. The van der Waals surface area contributed by atoms with E-state index < -0.39 is 18.7 Å². The van der Waals surface area contributed by atoms with Crippen molar-refractivity contribution in [1.29, 1.82) is 0 Å². The predicted octanol–water partition coefficient (Wildman–Crippen LogP) is 1.16. The average molecular weight is 270 g/mol. The van der Waals surface area contributed by atoms with E-state index in [1.54, 1.807) is 18.2 Å². The van der Waals surface area contributed by atoms with Crippen LogP contribution in [0.15, 0.2) is 30.6 Å². The molecule has 2 aromatic rings. The fourth-order valence-electron chi connectivity index (χ4n) is 1.29. The molecular formula is C10H10ClN5O2. The lowest BCUT2D eigenvalue weighted by atomic mass is 10.1. The summed E-state index contributed by atoms with van der Waals surface area (Å²) in [4.78, 5) is 11.7. The van der Waals surface area contributed by atoms with Crippen molar-refractivity contribution in [2.75, 3.05) is 0 Å². The highest BCUT2D eigenvalue weighted by Gasteiger charge is 2.19. The smallest absolute Gasteiger partial charge is 0.405 e. The third-order valence-electron chi connectivity index (χ3n) is 2.00. The van der Waals surface area contributed by atoms with Gasteiger partial charge in [0.05, 0.1) is 2.74 Å². The minimum atomic E-state index is -2.31. The van der Waals surface area contributed by atoms with Crippen LogP contribution in [0.2, 0.25) is 5.02 Å². The number of ether oxygens (including phenoxy) is 1. The third-order valence-corrected chi connectivity index (χ3v) is 2.35. The van der Waals surface area contributed by atoms with E-state index in [0.717, 1.165) is 6.33 Å². The first kappa shape index (κ1) is 9.84. The molecule has 0 spiro atoms. The molecule has 1 heterocycles. The summed E-state index contributed by atoms with van der Waals surface area (Å²) in [5.74, 6) is 0. The van der Waals surface area contributed by atoms with Crippen LogP contribution in [0.3, 0.4) is 0 Å². The monoisotopic (exact) mass is 269 g/mol. The van der Waals surface area contributed by atoms with Gasteiger partial charge in [-0.15, -0.1) is 10.2 Å². The summed E-state index contributed by atoms with van der Waals surface area (Å²) in [5, 5.41) is 10.7. The van der Waals surface area contributed by atoms with Gasteiger partial charge in [0.1, 0.15) is 6.50 Å². The molecule has 94 valence electrons. The highest BCUT2D eigenvalue weighted by molar-refractivity contribution is 6.31. The van der Waals surface area contributed by atoms with Gasteiger partial charge in [0.15, 0.2) is 12.4 Å². The molecule has 0 aliphatic heterocycles. The Morgan fingerprint density at radius 2 is 2.39 bits per heavy atom. The van der Waals surface area contributed by atoms with Crippen molar-refractivity contribution in [3.05, 3.63) is 41.2 Å². The van der Waals surface area contributed by atoms with Crippen LogP contribution < -0.4 is 5.73 Å². The van der Waals surface area contributed by atoms with Gasteiger partial charge >= 0.3 is 6.09 Å². The number of carbonyl (C=O) groups excluding carboxylic acids is 1. The number of carbonyl (C=O) groups is 1. The van der Waals surface area contributed by atoms with E-state index in [4.69, 9.17) is 24.8 Å². The van der Waals surface area contributed by atoms with Crippen LogP contribution in [0, 0.1) is 0 Å². The van der Waals surface area contributed by atoms with E-state index in [2.05, 4.69) is 15.4 Å². The lowest BCUT2D eigenvalue weighted by Crippen LogP contribution is -2.22. The van der Waals surface area contributed by atoms with Crippen molar-refractivity contribution in [3.63, 3.8) is 0 Å². The molecule has 2 N–H and O–H groups in total. The number of halogens is 1. The minimum Gasteiger partial charge on any atom is -0.439 e. The molecule has 0 radical (unpaired) electrons. The summed E-state index contributed by atoms with van der Waals surface area (Å²) < 4.78 is 20.9. The lowest BCUT2D eigenvalue weighted by Gasteiger charge is -2.17. The number of nitrogens with two attached hydrogens (primary N) is 1. The highest BCUT2D eigenvalue weighted by atomic mass is 35.5. The van der Waals surface area contributed by atoms with Crippen LogP contribution >= 0.6 is 11.6 Å². The average Bonchev–Trinajstić information content (AvgIpc) is 2.91. The van der Waals surface area contributed by atoms with E-state index >= 15 is 0 Å². The zero-order valence-electron chi connectivity index (χ0n) is 11.0. The number of primary amides is 1. The van der Waals surface area contributed by atoms with Gasteiger partial charge in [0.2, 0.25) is 0 Å². The van der Waals surface area contributed by atoms with Gasteiger partial charge in [-0.1, -0.05) is 29.8 Å². The fraction of sp³-hybridized carbons (Fsp3) is 0.200. The second-order valence-corrected chi connectivity index (χ2v) is 3.60. The Hall–Kier alpha value is -2.15. The Morgan fingerprint density at radius 3 is 3.00 bits per heavy atom. The molecule has 1 atom stereocenters. The van der Waals surface area contributed by atoms with Crippen LogP contribution in [0.5, 0.6) is 0 Å². The van der Waals surface area contributed by atoms with Crippen molar-refractivity contribution >= 4 is 17.7 Å². The number of benzene rings is 1. The summed E-state index contributed by atoms with van der Waals surface area (Å²) in [7, 11) is 0. The molecule has 8 heteroatoms. The highest BCUT2D eigenvalue weighted by Crippen LogP contribution is 2.26. The molecule has 0 fully saturated rings. The fourth-order valence-corrected chi connectivity index (χ4v) is 1.53. The number of nitrogens with zero attached hydrogens (tertiary/aromatic N) is 4. The number of rotatable bonds is 4. The molecule has 2 rings (SSSR count). The van der Waals surface area contributed by atoms with Gasteiger partial charge in [0, 0.05) is 10.6 Å². The number of amides is 1. The first-order chi connectivity index (χ1) is 9.43. The summed E-state index contributed by atoms with van der Waals surface area (Å²) in [6.45, 7) is -2.31. The summed E-state index contributed by atoms with van der Waals surface area (Å²) in [6, 6.07) is 6.35. The second-order valence-electron chi connectivity index (χ2n) is 3.19. The molecule has 1 amide bonds. The van der Waals surface area contributed by atoms with Crippen LogP contribution in [0.1, 0.15) is 14.4 Å². The van der Waals surface area contributed by atoms with E-state index in [-0.39, 0.29) is 10.6 Å². The van der Waals surface area contributed by atoms with E-state index in [1.807, 2.05) is 0 Å². The zero-order chi connectivity index (χ0) is 14.8. The van der Waals surface area contributed by atoms with Gasteiger partial charge in [-0.05, 0) is 11.3 Å². The topological polar surface area (TPSA) is 95.9 Å². The van der Waals surface area contributed by atoms with Crippen molar-refractivity contribution in [2.24, 2.45) is 5.73 Å². The third kappa shape index (κ3) is 2.95. The number of hydrogen-bond donors (Lipinski definition) is 1. The lowest BCUT2D eigenvalue weighted by molar-refractivity contribution is 0.0901. The van der Waals surface area contributed by atoms with Crippen LogP contribution in [-0.2, 0) is 11.2 Å². The van der Waals surface area contributed by atoms with Gasteiger partial charge in [-0.2, -0.15) is 4.80 Å². The Labute approximate surface area is 110 Å². The summed E-state index contributed by atoms with van der Waals surface area (Å²) in [6.07, 6.45) is -1.49. The van der Waals surface area contributed by atoms with Crippen LogP contribution in [0.25, 0.3) is 0 Å². The summed E-state index contributed by atoms with van der Waals surface area (Å²) in [5.41, 5.74) is 5.24. The van der Waals surface area contributed by atoms with Crippen molar-refractivity contribution in [2.45, 2.75) is 12.6 Å². The predicted molar refractivity (Wildman–Crippen MR) is 62.7 cm³/mol. The van der Waals surface area contributed by atoms with Crippen molar-refractivity contribution in [1.82, 2.24) is 20.2 Å². The van der Waals surface area contributed by atoms with E-state index in [1.165, 1.54) is 6.07 Å². The van der Waals surface area contributed by atoms with Crippen LogP contribution in [-0.4, -0.2) is 26.3 Å². The maximum absolute atomic E-state index is 11.0. The second kappa shape index (κ2) is 5.46. The van der Waals surface area contributed by atoms with Gasteiger partial charge < -0.3 is 10.5 Å². The Bertz CT molecular complexity index is 607. The molecule has 0 saturated heterocycles. The van der Waals surface area contributed by atoms with Gasteiger partial charge in [-0.3, -0.25) is 0 Å². The van der Waals surface area contributed by atoms with E-state index in [9.17, 15) is 4.79 Å². The van der Waals surface area contributed by atoms with E-state index in [0.29, 0.717) is 4.80 Å². The molecule has 1 aromatic heterocycles. The first-order valence-corrected chi connectivity index (χ1v) is 5.24. The Balaban J connectivity index is 2.48. The molecule has 0 saturated carbocycles. The number of tetrazole rings is 1.